The first kappa shape index (κ1) is 20.1. The van der Waals surface area contributed by atoms with E-state index >= 15 is 0 Å². The third-order valence-corrected chi connectivity index (χ3v) is 7.18. The zero-order chi connectivity index (χ0) is 20.3. The van der Waals surface area contributed by atoms with Crippen LogP contribution in [0, 0.1) is 0 Å². The summed E-state index contributed by atoms with van der Waals surface area (Å²) in [7, 11) is 0. The molecule has 0 aromatic carbocycles. The molecule has 3 fully saturated rings. The molecule has 2 aliphatic heterocycles. The van der Waals surface area contributed by atoms with Crippen molar-refractivity contribution in [3.63, 3.8) is 0 Å². The van der Waals surface area contributed by atoms with Gasteiger partial charge in [0.2, 0.25) is 5.95 Å². The van der Waals surface area contributed by atoms with Gasteiger partial charge in [0.05, 0.1) is 35.9 Å². The monoisotopic (exact) mass is 445 g/mol. The minimum atomic E-state index is -0.0472. The first-order valence-electron chi connectivity index (χ1n) is 10.7. The van der Waals surface area contributed by atoms with E-state index in [2.05, 4.69) is 32.0 Å². The van der Waals surface area contributed by atoms with Crippen LogP contribution in [0.1, 0.15) is 32.1 Å². The molecule has 5 rings (SSSR count). The van der Waals surface area contributed by atoms with E-state index in [1.165, 1.54) is 32.1 Å². The Hall–Kier alpha value is -1.81. The van der Waals surface area contributed by atoms with Crippen molar-refractivity contribution in [2.24, 2.45) is 0 Å². The second-order valence-electron chi connectivity index (χ2n) is 8.15. The van der Waals surface area contributed by atoms with Gasteiger partial charge < -0.3 is 25.4 Å². The van der Waals surface area contributed by atoms with Gasteiger partial charge in [-0.05, 0) is 42.6 Å². The minimum absolute atomic E-state index is 0.0141. The predicted octanol–water partition coefficient (Wildman–Crippen LogP) is 2.95. The van der Waals surface area contributed by atoms with Gasteiger partial charge in [-0.15, -0.1) is 11.3 Å². The van der Waals surface area contributed by atoms with Gasteiger partial charge in [0, 0.05) is 12.2 Å². The second kappa shape index (κ2) is 9.13. The predicted molar refractivity (Wildman–Crippen MR) is 122 cm³/mol. The average molecular weight is 446 g/mol. The van der Waals surface area contributed by atoms with E-state index in [1.54, 1.807) is 17.5 Å². The van der Waals surface area contributed by atoms with Gasteiger partial charge in [-0.2, -0.15) is 0 Å². The first-order valence-corrected chi connectivity index (χ1v) is 12.0. The summed E-state index contributed by atoms with van der Waals surface area (Å²) < 4.78 is 12.2. The number of nitrogens with zero attached hydrogens (tertiary/aromatic N) is 2. The van der Waals surface area contributed by atoms with Crippen molar-refractivity contribution in [3.8, 4) is 10.6 Å². The fourth-order valence-corrected chi connectivity index (χ4v) is 5.56. The highest BCUT2D eigenvalue weighted by Gasteiger charge is 2.48. The van der Waals surface area contributed by atoms with Crippen LogP contribution in [0.5, 0.6) is 0 Å². The van der Waals surface area contributed by atoms with Gasteiger partial charge in [0.1, 0.15) is 12.2 Å². The first-order chi connectivity index (χ1) is 14.8. The molecule has 3 N–H and O–H groups in total. The van der Waals surface area contributed by atoms with Crippen molar-refractivity contribution in [3.05, 3.63) is 29.8 Å². The highest BCUT2D eigenvalue weighted by Crippen LogP contribution is 2.29. The quantitative estimate of drug-likeness (QED) is 0.606. The summed E-state index contributed by atoms with van der Waals surface area (Å²) in [6.07, 6.45) is 7.99. The Labute approximate surface area is 186 Å². The molecule has 2 aromatic rings. The van der Waals surface area contributed by atoms with Gasteiger partial charge in [-0.1, -0.05) is 25.3 Å². The molecule has 2 saturated heterocycles. The van der Waals surface area contributed by atoms with Crippen molar-refractivity contribution in [2.45, 2.75) is 62.4 Å². The molecule has 0 amide bonds. The number of nitrogens with one attached hydrogen (secondary N) is 3. The smallest absolute Gasteiger partial charge is 0.223 e. The lowest BCUT2D eigenvalue weighted by Gasteiger charge is -2.26. The molecule has 30 heavy (non-hydrogen) atoms. The highest BCUT2D eigenvalue weighted by molar-refractivity contribution is 7.80. The van der Waals surface area contributed by atoms with E-state index < -0.39 is 0 Å². The highest BCUT2D eigenvalue weighted by atomic mass is 32.1. The number of thiophene rings is 1. The molecule has 0 bridgehead atoms. The number of fused-ring (bicyclic) bond motifs is 1. The Morgan fingerprint density at radius 3 is 2.63 bits per heavy atom. The summed E-state index contributed by atoms with van der Waals surface area (Å²) in [4.78, 5) is 10.2. The van der Waals surface area contributed by atoms with E-state index in [1.807, 2.05) is 17.5 Å². The molecule has 7 nitrogen and oxygen atoms in total. The maximum atomic E-state index is 6.08. The normalized spacial score (nSPS) is 28.8. The van der Waals surface area contributed by atoms with Gasteiger partial charge >= 0.3 is 0 Å². The molecule has 0 radical (unpaired) electrons. The number of aromatic nitrogens is 2. The fraction of sp³-hybridized carbons (Fsp3) is 0.571. The summed E-state index contributed by atoms with van der Waals surface area (Å²) in [5, 5.41) is 13.1. The second-order valence-corrected chi connectivity index (χ2v) is 9.50. The summed E-state index contributed by atoms with van der Waals surface area (Å²) in [6, 6.07) is 6.58. The molecule has 4 atom stereocenters. The van der Waals surface area contributed by atoms with Crippen LogP contribution >= 0.6 is 23.6 Å². The zero-order valence-electron chi connectivity index (χ0n) is 16.8. The minimum Gasteiger partial charge on any atom is -0.371 e. The maximum absolute atomic E-state index is 6.08. The summed E-state index contributed by atoms with van der Waals surface area (Å²) >= 11 is 7.22. The van der Waals surface area contributed by atoms with Gasteiger partial charge in [-0.3, -0.25) is 0 Å². The third-order valence-electron chi connectivity index (χ3n) is 6.05. The topological polar surface area (TPSA) is 80.3 Å². The van der Waals surface area contributed by atoms with Crippen molar-refractivity contribution < 1.29 is 9.47 Å². The van der Waals surface area contributed by atoms with Crippen LogP contribution in [-0.4, -0.2) is 58.6 Å². The summed E-state index contributed by atoms with van der Waals surface area (Å²) in [5.41, 5.74) is 0.920. The van der Waals surface area contributed by atoms with Crippen LogP contribution in [0.4, 0.5) is 5.95 Å². The van der Waals surface area contributed by atoms with Crippen molar-refractivity contribution in [2.75, 3.05) is 18.5 Å². The summed E-state index contributed by atoms with van der Waals surface area (Å²) in [6.45, 7) is 1.14. The molecule has 9 heteroatoms. The number of hydrogen-bond acceptors (Lipinski definition) is 7. The standard InChI is InChI=1S/C21H27N5O2S2/c29-21(23-13-5-2-1-3-6-13)26-16-12-28-18-15(11-27-19(16)18)25-20-22-9-8-14(24-20)17-7-4-10-30-17/h4,7-10,13,15-16,18-19H,1-3,5-6,11-12H2,(H,22,24,25)(H2,23,26,29)/t15-,16-,18+,19+/m0/s1. The lowest BCUT2D eigenvalue weighted by Crippen LogP contribution is -2.51. The van der Waals surface area contributed by atoms with E-state index in [0.717, 1.165) is 10.6 Å². The lowest BCUT2D eigenvalue weighted by atomic mass is 9.96. The lowest BCUT2D eigenvalue weighted by molar-refractivity contribution is 0.0688. The van der Waals surface area contributed by atoms with Crippen molar-refractivity contribution in [1.82, 2.24) is 20.6 Å². The molecule has 0 spiro atoms. The van der Waals surface area contributed by atoms with E-state index in [0.29, 0.717) is 30.3 Å². The molecular formula is C21H27N5O2S2. The average Bonchev–Trinajstić information content (AvgIpc) is 3.50. The van der Waals surface area contributed by atoms with Crippen LogP contribution in [0.2, 0.25) is 0 Å². The van der Waals surface area contributed by atoms with Gasteiger partial charge in [0.25, 0.3) is 0 Å². The third kappa shape index (κ3) is 4.44. The molecule has 0 unspecified atom stereocenters. The van der Waals surface area contributed by atoms with Crippen LogP contribution in [0.25, 0.3) is 10.6 Å². The number of ether oxygens (including phenoxy) is 2. The molecule has 1 aliphatic carbocycles. The molecule has 4 heterocycles. The number of rotatable bonds is 5. The number of hydrogen-bond donors (Lipinski definition) is 3. The largest absolute Gasteiger partial charge is 0.371 e. The summed E-state index contributed by atoms with van der Waals surface area (Å²) in [5.74, 6) is 0.602. The molecule has 160 valence electrons. The van der Waals surface area contributed by atoms with Crippen molar-refractivity contribution in [1.29, 1.82) is 0 Å². The van der Waals surface area contributed by atoms with Gasteiger partial charge in [-0.25, -0.2) is 9.97 Å². The zero-order valence-corrected chi connectivity index (χ0v) is 18.4. The Balaban J connectivity index is 1.17. The maximum Gasteiger partial charge on any atom is 0.223 e. The Bertz CT molecular complexity index is 859. The van der Waals surface area contributed by atoms with E-state index in [-0.39, 0.29) is 24.3 Å². The van der Waals surface area contributed by atoms with Crippen LogP contribution in [0.3, 0.4) is 0 Å². The molecule has 2 aromatic heterocycles. The molecular weight excluding hydrogens is 418 g/mol. The SMILES string of the molecule is S=C(NC1CCCCC1)N[C@H]1CO[C@H]2[C@@H]1OC[C@@H]2Nc1nccc(-c2cccs2)n1. The van der Waals surface area contributed by atoms with Crippen LogP contribution in [0.15, 0.2) is 29.8 Å². The number of anilines is 1. The molecule has 3 aliphatic rings. The number of thiocarbonyl (C=S) groups is 1. The van der Waals surface area contributed by atoms with E-state index in [4.69, 9.17) is 21.7 Å². The van der Waals surface area contributed by atoms with E-state index in [9.17, 15) is 0 Å². The molecule has 1 saturated carbocycles. The Morgan fingerprint density at radius 2 is 1.83 bits per heavy atom. The Morgan fingerprint density at radius 1 is 1.03 bits per heavy atom. The Kier molecular flexibility index (Phi) is 6.12. The van der Waals surface area contributed by atoms with Crippen molar-refractivity contribution >= 4 is 34.6 Å². The van der Waals surface area contributed by atoms with Crippen LogP contribution in [-0.2, 0) is 9.47 Å². The van der Waals surface area contributed by atoms with Gasteiger partial charge in [0.15, 0.2) is 5.11 Å². The fourth-order valence-electron chi connectivity index (χ4n) is 4.54. The van der Waals surface area contributed by atoms with Crippen LogP contribution < -0.4 is 16.0 Å².